The maximum atomic E-state index is 13.1. The van der Waals surface area contributed by atoms with E-state index in [-0.39, 0.29) is 16.3 Å². The summed E-state index contributed by atoms with van der Waals surface area (Å²) in [4.78, 5) is 29.3. The maximum Gasteiger partial charge on any atom is 0.339 e. The summed E-state index contributed by atoms with van der Waals surface area (Å²) < 4.78 is 23.7. The minimum absolute atomic E-state index is 0.0397. The van der Waals surface area contributed by atoms with E-state index in [1.807, 2.05) is 0 Å². The van der Waals surface area contributed by atoms with Gasteiger partial charge in [0.2, 0.25) is 0 Å². The number of esters is 1. The van der Waals surface area contributed by atoms with Crippen LogP contribution < -0.4 is 5.32 Å². The van der Waals surface area contributed by atoms with Crippen molar-refractivity contribution in [3.8, 4) is 11.5 Å². The molecule has 0 fully saturated rings. The number of carbonyl (C=O) groups excluding carboxylic acids is 2. The van der Waals surface area contributed by atoms with Gasteiger partial charge in [-0.05, 0) is 42.5 Å². The van der Waals surface area contributed by atoms with Crippen LogP contribution in [0.2, 0.25) is 5.02 Å². The van der Waals surface area contributed by atoms with Crippen molar-refractivity contribution in [3.05, 3.63) is 83.3 Å². The van der Waals surface area contributed by atoms with Gasteiger partial charge in [-0.3, -0.25) is 4.79 Å². The van der Waals surface area contributed by atoms with Crippen molar-refractivity contribution in [1.82, 2.24) is 4.98 Å². The number of nitrogens with one attached hydrogen (secondary N) is 1. The minimum Gasteiger partial charge on any atom is -0.463 e. The average Bonchev–Trinajstić information content (AvgIpc) is 3.28. The SMILES string of the molecule is O=C(COC(=O)c1cc(-c2ccco2)nc2ccccc12)Nc1ccc(F)cc1Cl. The summed E-state index contributed by atoms with van der Waals surface area (Å²) >= 11 is 5.89. The van der Waals surface area contributed by atoms with Crippen molar-refractivity contribution in [2.45, 2.75) is 0 Å². The lowest BCUT2D eigenvalue weighted by Gasteiger charge is -2.10. The summed E-state index contributed by atoms with van der Waals surface area (Å²) in [6.45, 7) is -0.542. The Kier molecular flexibility index (Phi) is 5.45. The fraction of sp³-hybridized carbons (Fsp3) is 0.0455. The quantitative estimate of drug-likeness (QED) is 0.452. The second-order valence-electron chi connectivity index (χ2n) is 6.30. The predicted molar refractivity (Wildman–Crippen MR) is 110 cm³/mol. The van der Waals surface area contributed by atoms with Crippen LogP contribution in [0.1, 0.15) is 10.4 Å². The molecule has 4 aromatic rings. The van der Waals surface area contributed by atoms with Gasteiger partial charge in [0.25, 0.3) is 5.91 Å². The van der Waals surface area contributed by atoms with Crippen LogP contribution in [-0.4, -0.2) is 23.5 Å². The lowest BCUT2D eigenvalue weighted by atomic mass is 10.1. The van der Waals surface area contributed by atoms with Gasteiger partial charge in [-0.15, -0.1) is 0 Å². The van der Waals surface area contributed by atoms with E-state index in [0.29, 0.717) is 22.4 Å². The molecule has 150 valence electrons. The zero-order valence-electron chi connectivity index (χ0n) is 15.4. The first kappa shape index (κ1) is 19.6. The lowest BCUT2D eigenvalue weighted by Crippen LogP contribution is -2.21. The summed E-state index contributed by atoms with van der Waals surface area (Å²) in [6, 6.07) is 15.6. The highest BCUT2D eigenvalue weighted by molar-refractivity contribution is 6.33. The molecule has 2 aromatic heterocycles. The Hall–Kier alpha value is -3.71. The van der Waals surface area contributed by atoms with Gasteiger partial charge in [-0.25, -0.2) is 14.2 Å². The zero-order chi connectivity index (χ0) is 21.1. The molecule has 0 aliphatic heterocycles. The number of ether oxygens (including phenoxy) is 1. The van der Waals surface area contributed by atoms with Crippen LogP contribution in [0.15, 0.2) is 71.3 Å². The van der Waals surface area contributed by atoms with Crippen LogP contribution in [0, 0.1) is 5.82 Å². The van der Waals surface area contributed by atoms with E-state index in [9.17, 15) is 14.0 Å². The number of fused-ring (bicyclic) bond motifs is 1. The standard InChI is InChI=1S/C22H14ClFN2O4/c23-16-10-13(24)7-8-18(16)26-21(27)12-30-22(28)15-11-19(20-6-3-9-29-20)25-17-5-2-1-4-14(15)17/h1-11H,12H2,(H,26,27). The monoisotopic (exact) mass is 424 g/mol. The van der Waals surface area contributed by atoms with Crippen molar-refractivity contribution in [2.75, 3.05) is 11.9 Å². The molecule has 6 nitrogen and oxygen atoms in total. The zero-order valence-corrected chi connectivity index (χ0v) is 16.2. The molecule has 2 heterocycles. The van der Waals surface area contributed by atoms with Gasteiger partial charge in [-0.2, -0.15) is 0 Å². The second kappa shape index (κ2) is 8.34. The Balaban J connectivity index is 1.53. The molecular weight excluding hydrogens is 411 g/mol. The van der Waals surface area contributed by atoms with Gasteiger partial charge in [0.15, 0.2) is 12.4 Å². The van der Waals surface area contributed by atoms with Crippen molar-refractivity contribution in [1.29, 1.82) is 0 Å². The van der Waals surface area contributed by atoms with Gasteiger partial charge in [-0.1, -0.05) is 29.8 Å². The van der Waals surface area contributed by atoms with Gasteiger partial charge in [0.05, 0.1) is 28.1 Å². The number of para-hydroxylation sites is 1. The number of pyridine rings is 1. The number of nitrogens with zero attached hydrogens (tertiary/aromatic N) is 1. The van der Waals surface area contributed by atoms with E-state index < -0.39 is 24.3 Å². The molecule has 0 radical (unpaired) electrons. The highest BCUT2D eigenvalue weighted by Gasteiger charge is 2.17. The van der Waals surface area contributed by atoms with E-state index >= 15 is 0 Å². The molecule has 0 aliphatic rings. The third kappa shape index (κ3) is 4.16. The number of halogens is 2. The van der Waals surface area contributed by atoms with Crippen LogP contribution in [0.4, 0.5) is 10.1 Å². The maximum absolute atomic E-state index is 13.1. The highest BCUT2D eigenvalue weighted by Crippen LogP contribution is 2.26. The van der Waals surface area contributed by atoms with Gasteiger partial charge >= 0.3 is 5.97 Å². The van der Waals surface area contributed by atoms with Crippen molar-refractivity contribution < 1.29 is 23.1 Å². The van der Waals surface area contributed by atoms with Crippen LogP contribution >= 0.6 is 11.6 Å². The summed E-state index contributed by atoms with van der Waals surface area (Å²) in [6.07, 6.45) is 1.51. The molecule has 0 aliphatic carbocycles. The second-order valence-corrected chi connectivity index (χ2v) is 6.71. The number of hydrogen-bond acceptors (Lipinski definition) is 5. The van der Waals surface area contributed by atoms with Gasteiger partial charge in [0.1, 0.15) is 11.5 Å². The fourth-order valence-corrected chi connectivity index (χ4v) is 3.10. The first-order valence-electron chi connectivity index (χ1n) is 8.87. The van der Waals surface area contributed by atoms with Crippen molar-refractivity contribution in [2.24, 2.45) is 0 Å². The third-order valence-electron chi connectivity index (χ3n) is 4.25. The van der Waals surface area contributed by atoms with Gasteiger partial charge < -0.3 is 14.5 Å². The molecule has 0 saturated carbocycles. The summed E-state index contributed by atoms with van der Waals surface area (Å²) in [7, 11) is 0. The van der Waals surface area contributed by atoms with E-state index in [0.717, 1.165) is 12.1 Å². The average molecular weight is 425 g/mol. The number of anilines is 1. The topological polar surface area (TPSA) is 81.4 Å². The molecule has 1 N–H and O–H groups in total. The Morgan fingerprint density at radius 2 is 1.93 bits per heavy atom. The number of benzene rings is 2. The Morgan fingerprint density at radius 1 is 1.10 bits per heavy atom. The normalized spacial score (nSPS) is 10.7. The molecule has 0 unspecified atom stereocenters. The molecule has 0 bridgehead atoms. The predicted octanol–water partition coefficient (Wildman–Crippen LogP) is 5.08. The smallest absolute Gasteiger partial charge is 0.339 e. The summed E-state index contributed by atoms with van der Waals surface area (Å²) in [5.41, 5.74) is 1.52. The lowest BCUT2D eigenvalue weighted by molar-refractivity contribution is -0.119. The number of rotatable bonds is 5. The molecule has 0 atom stereocenters. The van der Waals surface area contributed by atoms with Crippen LogP contribution in [-0.2, 0) is 9.53 Å². The van der Waals surface area contributed by atoms with Crippen molar-refractivity contribution in [3.63, 3.8) is 0 Å². The van der Waals surface area contributed by atoms with Crippen LogP contribution in [0.3, 0.4) is 0 Å². The number of furan rings is 1. The number of aromatic nitrogens is 1. The summed E-state index contributed by atoms with van der Waals surface area (Å²) in [5, 5.41) is 3.10. The molecular formula is C22H14ClFN2O4. The van der Waals surface area contributed by atoms with Crippen molar-refractivity contribution >= 4 is 40.1 Å². The van der Waals surface area contributed by atoms with E-state index in [1.54, 1.807) is 42.5 Å². The Labute approximate surface area is 175 Å². The largest absolute Gasteiger partial charge is 0.463 e. The van der Waals surface area contributed by atoms with Crippen LogP contribution in [0.5, 0.6) is 0 Å². The molecule has 2 aromatic carbocycles. The molecule has 30 heavy (non-hydrogen) atoms. The first-order chi connectivity index (χ1) is 14.5. The first-order valence-corrected chi connectivity index (χ1v) is 9.25. The highest BCUT2D eigenvalue weighted by atomic mass is 35.5. The molecule has 8 heteroatoms. The van der Waals surface area contributed by atoms with E-state index in [2.05, 4.69) is 10.3 Å². The van der Waals surface area contributed by atoms with E-state index in [1.165, 1.54) is 12.3 Å². The Morgan fingerprint density at radius 3 is 2.70 bits per heavy atom. The van der Waals surface area contributed by atoms with Gasteiger partial charge in [0, 0.05) is 5.39 Å². The fourth-order valence-electron chi connectivity index (χ4n) is 2.88. The molecule has 4 rings (SSSR count). The number of amides is 1. The minimum atomic E-state index is -0.693. The van der Waals surface area contributed by atoms with E-state index in [4.69, 9.17) is 20.8 Å². The molecule has 0 saturated heterocycles. The van der Waals surface area contributed by atoms with Crippen LogP contribution in [0.25, 0.3) is 22.4 Å². The molecule has 1 amide bonds. The number of carbonyl (C=O) groups is 2. The third-order valence-corrected chi connectivity index (χ3v) is 4.56. The molecule has 0 spiro atoms. The number of hydrogen-bond donors (Lipinski definition) is 1. The Bertz CT molecular complexity index is 1240. The summed E-state index contributed by atoms with van der Waals surface area (Å²) in [5.74, 6) is -1.33.